The summed E-state index contributed by atoms with van der Waals surface area (Å²) >= 11 is 20.2. The van der Waals surface area contributed by atoms with E-state index in [2.05, 4.69) is 15.9 Å². The Morgan fingerprint density at radius 2 is 1.69 bits per heavy atom. The van der Waals surface area contributed by atoms with Gasteiger partial charge in [-0.3, -0.25) is 0 Å². The highest BCUT2D eigenvalue weighted by molar-refractivity contribution is 9.10. The third kappa shape index (κ3) is 5.26. The Morgan fingerprint density at radius 1 is 1.19 bits per heavy atom. The first-order valence-corrected chi connectivity index (χ1v) is 6.14. The predicted molar refractivity (Wildman–Crippen MR) is 77.5 cm³/mol. The maximum atomic E-state index is 5.93. The number of hydrogen-bond donors (Lipinski definition) is 1. The Morgan fingerprint density at radius 3 is 2.12 bits per heavy atom. The quantitative estimate of drug-likeness (QED) is 0.787. The molecule has 1 aromatic rings. The molecule has 1 rings (SSSR count). The van der Waals surface area contributed by atoms with Gasteiger partial charge in [-0.15, -0.1) is 12.4 Å². The summed E-state index contributed by atoms with van der Waals surface area (Å²) in [5.41, 5.74) is 6.92. The minimum absolute atomic E-state index is 0. The van der Waals surface area contributed by atoms with Crippen LogP contribution in [0.25, 0.3) is 0 Å². The molecule has 0 saturated carbocycles. The molecule has 1 aromatic carbocycles. The van der Waals surface area contributed by atoms with Crippen LogP contribution in [0.2, 0.25) is 0 Å². The van der Waals surface area contributed by atoms with E-state index in [1.54, 1.807) is 0 Å². The van der Waals surface area contributed by atoms with Gasteiger partial charge in [0.1, 0.15) is 4.49 Å². The molecule has 1 unspecified atom stereocenters. The molecule has 0 saturated heterocycles. The van der Waals surface area contributed by atoms with Crippen LogP contribution in [0.5, 0.6) is 0 Å². The Kier molecular flexibility index (Phi) is 8.08. The highest BCUT2D eigenvalue weighted by Crippen LogP contribution is 2.27. The average Bonchev–Trinajstić information content (AvgIpc) is 2.18. The van der Waals surface area contributed by atoms with Gasteiger partial charge in [0, 0.05) is 16.9 Å². The summed E-state index contributed by atoms with van der Waals surface area (Å²) in [6, 6.07) is 7.52. The maximum Gasteiger partial charge on any atom is 0.121 e. The van der Waals surface area contributed by atoms with Crippen LogP contribution in [0.3, 0.4) is 0 Å². The van der Waals surface area contributed by atoms with E-state index in [0.717, 1.165) is 10.0 Å². The molecule has 0 amide bonds. The molecule has 0 aliphatic heterocycles. The van der Waals surface area contributed by atoms with Crippen molar-refractivity contribution in [2.45, 2.75) is 12.5 Å². The zero-order valence-corrected chi connectivity index (χ0v) is 12.8. The van der Waals surface area contributed by atoms with E-state index in [9.17, 15) is 0 Å². The molecule has 0 bridgehead atoms. The zero-order valence-electron chi connectivity index (χ0n) is 8.09. The molecule has 1 atom stereocenters. The lowest BCUT2D eigenvalue weighted by Gasteiger charge is -2.11. The third-order valence-corrected chi connectivity index (χ3v) is 3.42. The van der Waals surface area contributed by atoms with Crippen LogP contribution in [0, 0.1) is 0 Å². The van der Waals surface area contributed by atoms with Crippen molar-refractivity contribution in [3.8, 4) is 0 Å². The first-order valence-electron chi connectivity index (χ1n) is 4.21. The Bertz CT molecular complexity index is 360. The lowest BCUT2D eigenvalue weighted by Crippen LogP contribution is -2.10. The van der Waals surface area contributed by atoms with Crippen LogP contribution in [0.4, 0.5) is 0 Å². The SMILES string of the molecule is Cl.NC(CC(Cl)=C(Cl)Cl)c1ccc(Br)cc1. The summed E-state index contributed by atoms with van der Waals surface area (Å²) in [5, 5.41) is 0.383. The van der Waals surface area contributed by atoms with Crippen LogP contribution >= 0.6 is 63.1 Å². The van der Waals surface area contributed by atoms with Gasteiger partial charge in [-0.25, -0.2) is 0 Å². The van der Waals surface area contributed by atoms with Gasteiger partial charge in [-0.2, -0.15) is 0 Å². The summed E-state index contributed by atoms with van der Waals surface area (Å²) in [6.07, 6.45) is 0.436. The van der Waals surface area contributed by atoms with Gasteiger partial charge in [0.25, 0.3) is 0 Å². The molecule has 16 heavy (non-hydrogen) atoms. The van der Waals surface area contributed by atoms with Crippen LogP contribution in [0.15, 0.2) is 38.3 Å². The van der Waals surface area contributed by atoms with Crippen molar-refractivity contribution in [1.82, 2.24) is 0 Å². The van der Waals surface area contributed by atoms with E-state index < -0.39 is 0 Å². The van der Waals surface area contributed by atoms with Gasteiger partial charge in [0.2, 0.25) is 0 Å². The molecule has 1 nitrogen and oxygen atoms in total. The molecule has 0 spiro atoms. The predicted octanol–water partition coefficient (Wildman–Crippen LogP) is 5.15. The second-order valence-corrected chi connectivity index (χ2v) is 5.35. The number of rotatable bonds is 3. The molecule has 90 valence electrons. The van der Waals surface area contributed by atoms with Crippen LogP contribution < -0.4 is 5.73 Å². The number of halogens is 5. The van der Waals surface area contributed by atoms with Gasteiger partial charge in [-0.05, 0) is 17.7 Å². The van der Waals surface area contributed by atoms with Gasteiger partial charge >= 0.3 is 0 Å². The van der Waals surface area contributed by atoms with Crippen molar-refractivity contribution >= 4 is 63.1 Å². The monoisotopic (exact) mass is 363 g/mol. The van der Waals surface area contributed by atoms with Gasteiger partial charge < -0.3 is 5.73 Å². The minimum atomic E-state index is -0.196. The fourth-order valence-electron chi connectivity index (χ4n) is 1.10. The van der Waals surface area contributed by atoms with E-state index in [0.29, 0.717) is 11.5 Å². The maximum absolute atomic E-state index is 5.93. The van der Waals surface area contributed by atoms with Crippen molar-refractivity contribution in [1.29, 1.82) is 0 Å². The highest BCUT2D eigenvalue weighted by Gasteiger charge is 2.09. The highest BCUT2D eigenvalue weighted by atomic mass is 79.9. The molecule has 0 heterocycles. The van der Waals surface area contributed by atoms with E-state index in [4.69, 9.17) is 40.5 Å². The van der Waals surface area contributed by atoms with Crippen molar-refractivity contribution in [2.75, 3.05) is 0 Å². The first-order chi connectivity index (χ1) is 7.00. The van der Waals surface area contributed by atoms with Crippen molar-refractivity contribution < 1.29 is 0 Å². The molecule has 6 heteroatoms. The molecule has 0 aliphatic rings. The molecule has 0 aliphatic carbocycles. The van der Waals surface area contributed by atoms with Crippen molar-refractivity contribution in [3.63, 3.8) is 0 Å². The topological polar surface area (TPSA) is 26.0 Å². The van der Waals surface area contributed by atoms with E-state index in [-0.39, 0.29) is 22.9 Å². The third-order valence-electron chi connectivity index (χ3n) is 1.90. The summed E-state index contributed by atoms with van der Waals surface area (Å²) in [7, 11) is 0. The van der Waals surface area contributed by atoms with Gasteiger partial charge in [0.15, 0.2) is 0 Å². The van der Waals surface area contributed by atoms with Crippen molar-refractivity contribution in [2.24, 2.45) is 5.73 Å². The van der Waals surface area contributed by atoms with Crippen LogP contribution in [-0.4, -0.2) is 0 Å². The number of hydrogen-bond acceptors (Lipinski definition) is 1. The van der Waals surface area contributed by atoms with E-state index in [1.807, 2.05) is 24.3 Å². The number of benzene rings is 1. The average molecular weight is 366 g/mol. The zero-order chi connectivity index (χ0) is 11.4. The second-order valence-electron chi connectivity index (χ2n) is 3.03. The van der Waals surface area contributed by atoms with Crippen molar-refractivity contribution in [3.05, 3.63) is 43.8 Å². The molecule has 0 aromatic heterocycles. The molecule has 0 radical (unpaired) electrons. The second kappa shape index (κ2) is 7.80. The fraction of sp³-hybridized carbons (Fsp3) is 0.200. The summed E-state index contributed by atoms with van der Waals surface area (Å²) < 4.78 is 1.08. The minimum Gasteiger partial charge on any atom is -0.324 e. The Labute approximate surface area is 124 Å². The van der Waals surface area contributed by atoms with Gasteiger partial charge in [0.05, 0.1) is 5.03 Å². The Balaban J connectivity index is 0.00000225. The lowest BCUT2D eigenvalue weighted by atomic mass is 10.1. The molecular formula is C10H10BrCl4N. The summed E-state index contributed by atoms with van der Waals surface area (Å²) in [4.78, 5) is 0. The standard InChI is InChI=1S/C10H9BrCl3N.ClH/c11-7-3-1-6(2-4-7)9(15)5-8(12)10(13)14;/h1-4,9H,5,15H2;1H. The smallest absolute Gasteiger partial charge is 0.121 e. The van der Waals surface area contributed by atoms with Crippen LogP contribution in [0.1, 0.15) is 18.0 Å². The molecule has 2 N–H and O–H groups in total. The first kappa shape index (κ1) is 16.6. The molecule has 0 fully saturated rings. The molecular weight excluding hydrogens is 356 g/mol. The lowest BCUT2D eigenvalue weighted by molar-refractivity contribution is 0.733. The normalized spacial score (nSPS) is 11.6. The summed E-state index contributed by atoms with van der Waals surface area (Å²) in [6.45, 7) is 0. The Hall–Kier alpha value is 0.560. The van der Waals surface area contributed by atoms with Crippen LogP contribution in [-0.2, 0) is 0 Å². The summed E-state index contributed by atoms with van der Waals surface area (Å²) in [5.74, 6) is 0. The van der Waals surface area contributed by atoms with E-state index in [1.165, 1.54) is 0 Å². The fourth-order valence-corrected chi connectivity index (χ4v) is 1.68. The number of nitrogens with two attached hydrogens (primary N) is 1. The van der Waals surface area contributed by atoms with Gasteiger partial charge in [-0.1, -0.05) is 62.9 Å². The van der Waals surface area contributed by atoms with E-state index >= 15 is 0 Å². The largest absolute Gasteiger partial charge is 0.324 e.